The number of Topliss-reactive ketones (excluding diaryl/α,β-unsaturated/α-hetero) is 1. The third kappa shape index (κ3) is 7.65. The first-order valence-corrected chi connectivity index (χ1v) is 13.9. The number of ketones is 1. The van der Waals surface area contributed by atoms with Crippen LogP contribution < -0.4 is 4.74 Å². The van der Waals surface area contributed by atoms with Crippen LogP contribution in [0.1, 0.15) is 61.0 Å². The third-order valence-electron chi connectivity index (χ3n) is 5.69. The molecule has 0 aliphatic heterocycles. The van der Waals surface area contributed by atoms with Crippen molar-refractivity contribution in [3.63, 3.8) is 0 Å². The van der Waals surface area contributed by atoms with Crippen LogP contribution in [0.5, 0.6) is 5.75 Å². The average Bonchev–Trinajstić information content (AvgIpc) is 3.23. The van der Waals surface area contributed by atoms with Crippen molar-refractivity contribution in [2.75, 3.05) is 13.2 Å². The Morgan fingerprint density at radius 2 is 1.67 bits per heavy atom. The molecule has 2 aromatic carbocycles. The number of nitrogens with zero attached hydrogens (tertiary/aromatic N) is 1. The van der Waals surface area contributed by atoms with Gasteiger partial charge in [-0.2, -0.15) is 5.26 Å². The first-order chi connectivity index (χ1) is 18.7. The number of allylic oxidation sites excluding steroid dienone is 1. The quantitative estimate of drug-likeness (QED) is 0.134. The number of thiophene rings is 1. The van der Waals surface area contributed by atoms with Crippen molar-refractivity contribution in [2.45, 2.75) is 40.7 Å². The second-order valence-electron chi connectivity index (χ2n) is 8.52. The summed E-state index contributed by atoms with van der Waals surface area (Å²) in [4.78, 5) is 39.0. The van der Waals surface area contributed by atoms with E-state index in [1.807, 2.05) is 43.3 Å². The molecule has 3 aromatic rings. The molecule has 0 atom stereocenters. The maximum absolute atomic E-state index is 13.3. The van der Waals surface area contributed by atoms with Crippen LogP contribution in [0.25, 0.3) is 6.08 Å². The van der Waals surface area contributed by atoms with Crippen LogP contribution in [-0.2, 0) is 27.3 Å². The molecule has 3 rings (SSSR count). The topological polar surface area (TPSA) is 103 Å². The summed E-state index contributed by atoms with van der Waals surface area (Å²) >= 11 is 4.43. The molecule has 7 nitrogen and oxygen atoms in total. The zero-order valence-electron chi connectivity index (χ0n) is 22.1. The number of esters is 2. The van der Waals surface area contributed by atoms with Gasteiger partial charge < -0.3 is 14.2 Å². The van der Waals surface area contributed by atoms with E-state index in [1.54, 1.807) is 32.9 Å². The molecular formula is C30H28BrNO6S. The first kappa shape index (κ1) is 29.8. The number of hydrogen-bond donors (Lipinski definition) is 0. The van der Waals surface area contributed by atoms with Gasteiger partial charge in [0.15, 0.2) is 5.78 Å². The second-order valence-corrected chi connectivity index (χ2v) is 10.5. The van der Waals surface area contributed by atoms with Crippen LogP contribution in [0.3, 0.4) is 0 Å². The van der Waals surface area contributed by atoms with Gasteiger partial charge in [-0.3, -0.25) is 4.79 Å². The lowest BCUT2D eigenvalue weighted by Crippen LogP contribution is -2.12. The Morgan fingerprint density at radius 1 is 1.00 bits per heavy atom. The number of halogens is 1. The SMILES string of the molecule is CCOC(=O)c1sc(CC(=O)/C(C#N)=C/c2cc(Br)ccc2OCc2ccc(C)cc2)c(C(=O)OCC)c1C. The summed E-state index contributed by atoms with van der Waals surface area (Å²) in [7, 11) is 0. The maximum Gasteiger partial charge on any atom is 0.348 e. The highest BCUT2D eigenvalue weighted by Gasteiger charge is 2.28. The van der Waals surface area contributed by atoms with Crippen molar-refractivity contribution >= 4 is 51.1 Å². The van der Waals surface area contributed by atoms with Crippen molar-refractivity contribution in [1.82, 2.24) is 0 Å². The summed E-state index contributed by atoms with van der Waals surface area (Å²) < 4.78 is 17.0. The van der Waals surface area contributed by atoms with Gasteiger partial charge in [-0.1, -0.05) is 45.8 Å². The number of ether oxygens (including phenoxy) is 3. The van der Waals surface area contributed by atoms with Gasteiger partial charge in [-0.15, -0.1) is 11.3 Å². The number of carbonyl (C=O) groups excluding carboxylic acids is 3. The van der Waals surface area contributed by atoms with Gasteiger partial charge in [0.1, 0.15) is 23.3 Å². The molecule has 0 amide bonds. The lowest BCUT2D eigenvalue weighted by atomic mass is 10.0. The van der Waals surface area contributed by atoms with Crippen LogP contribution in [0.4, 0.5) is 0 Å². The number of carbonyl (C=O) groups is 3. The van der Waals surface area contributed by atoms with Gasteiger partial charge in [-0.05, 0) is 63.1 Å². The number of hydrogen-bond acceptors (Lipinski definition) is 8. The molecule has 0 unspecified atom stereocenters. The lowest BCUT2D eigenvalue weighted by Gasteiger charge is -2.11. The van der Waals surface area contributed by atoms with Gasteiger partial charge in [0.05, 0.1) is 24.4 Å². The maximum atomic E-state index is 13.3. The Labute approximate surface area is 240 Å². The number of aryl methyl sites for hydroxylation is 1. The fraction of sp³-hybridized carbons (Fsp3) is 0.267. The highest BCUT2D eigenvalue weighted by molar-refractivity contribution is 9.10. The minimum absolute atomic E-state index is 0.119. The molecule has 0 bridgehead atoms. The van der Waals surface area contributed by atoms with E-state index in [2.05, 4.69) is 15.9 Å². The zero-order valence-corrected chi connectivity index (χ0v) is 24.5. The van der Waals surface area contributed by atoms with Crippen LogP contribution in [-0.4, -0.2) is 30.9 Å². The molecule has 0 aliphatic carbocycles. The molecule has 0 aliphatic rings. The smallest absolute Gasteiger partial charge is 0.348 e. The summed E-state index contributed by atoms with van der Waals surface area (Å²) in [5.41, 5.74) is 3.09. The van der Waals surface area contributed by atoms with Gasteiger partial charge in [-0.25, -0.2) is 9.59 Å². The van der Waals surface area contributed by atoms with Crippen molar-refractivity contribution in [1.29, 1.82) is 5.26 Å². The Bertz CT molecular complexity index is 1450. The normalized spacial score (nSPS) is 11.0. The molecule has 0 spiro atoms. The summed E-state index contributed by atoms with van der Waals surface area (Å²) in [5.74, 6) is -1.22. The second kappa shape index (κ2) is 13.9. The Balaban J connectivity index is 1.92. The van der Waals surface area contributed by atoms with Crippen LogP contribution >= 0.6 is 27.3 Å². The van der Waals surface area contributed by atoms with Crippen LogP contribution in [0.15, 0.2) is 52.5 Å². The third-order valence-corrected chi connectivity index (χ3v) is 7.45. The number of rotatable bonds is 11. The molecule has 1 aromatic heterocycles. The average molecular weight is 611 g/mol. The molecule has 0 N–H and O–H groups in total. The van der Waals surface area contributed by atoms with Gasteiger partial charge in [0.2, 0.25) is 0 Å². The van der Waals surface area contributed by atoms with E-state index in [0.717, 1.165) is 26.9 Å². The van der Waals surface area contributed by atoms with E-state index in [-0.39, 0.29) is 35.6 Å². The van der Waals surface area contributed by atoms with E-state index in [1.165, 1.54) is 6.08 Å². The molecule has 0 saturated carbocycles. The summed E-state index contributed by atoms with van der Waals surface area (Å²) in [6, 6.07) is 15.2. The Kier molecular flexibility index (Phi) is 10.6. The monoisotopic (exact) mass is 609 g/mol. The summed E-state index contributed by atoms with van der Waals surface area (Å²) in [5, 5.41) is 9.86. The van der Waals surface area contributed by atoms with Gasteiger partial charge in [0.25, 0.3) is 0 Å². The highest BCUT2D eigenvalue weighted by atomic mass is 79.9. The van der Waals surface area contributed by atoms with E-state index >= 15 is 0 Å². The Hall–Kier alpha value is -3.74. The van der Waals surface area contributed by atoms with E-state index in [9.17, 15) is 19.6 Å². The lowest BCUT2D eigenvalue weighted by molar-refractivity contribution is -0.114. The Morgan fingerprint density at radius 3 is 2.31 bits per heavy atom. The van der Waals surface area contributed by atoms with Gasteiger partial charge in [0, 0.05) is 21.3 Å². The van der Waals surface area contributed by atoms with Crippen LogP contribution in [0.2, 0.25) is 0 Å². The molecule has 39 heavy (non-hydrogen) atoms. The predicted octanol–water partition coefficient (Wildman–Crippen LogP) is 6.78. The molecule has 9 heteroatoms. The molecule has 0 radical (unpaired) electrons. The van der Waals surface area contributed by atoms with E-state index in [0.29, 0.717) is 28.4 Å². The minimum Gasteiger partial charge on any atom is -0.488 e. The summed E-state index contributed by atoms with van der Waals surface area (Å²) in [6.07, 6.45) is 1.21. The number of nitriles is 1. The molecular weight excluding hydrogens is 582 g/mol. The molecule has 202 valence electrons. The zero-order chi connectivity index (χ0) is 28.5. The minimum atomic E-state index is -0.633. The predicted molar refractivity (Wildman–Crippen MR) is 153 cm³/mol. The van der Waals surface area contributed by atoms with Crippen LogP contribution in [0, 0.1) is 25.2 Å². The first-order valence-electron chi connectivity index (χ1n) is 12.3. The van der Waals surface area contributed by atoms with E-state index in [4.69, 9.17) is 14.2 Å². The fourth-order valence-corrected chi connectivity index (χ4v) is 5.30. The molecule has 1 heterocycles. The largest absolute Gasteiger partial charge is 0.488 e. The number of benzene rings is 2. The standard InChI is InChI=1S/C30H28BrNO6S/c1-5-36-29(34)27-19(4)28(30(35)37-6-2)39-26(27)15-24(33)22(16-32)13-21-14-23(31)11-12-25(21)38-17-20-9-7-18(3)8-10-20/h7-14H,5-6,15,17H2,1-4H3/b22-13+. The van der Waals surface area contributed by atoms with Crippen molar-refractivity contribution in [2.24, 2.45) is 0 Å². The van der Waals surface area contributed by atoms with Crippen molar-refractivity contribution < 1.29 is 28.6 Å². The molecule has 0 saturated heterocycles. The van der Waals surface area contributed by atoms with Crippen molar-refractivity contribution in [3.05, 3.63) is 90.1 Å². The van der Waals surface area contributed by atoms with E-state index < -0.39 is 17.7 Å². The highest BCUT2D eigenvalue weighted by Crippen LogP contribution is 2.32. The summed E-state index contributed by atoms with van der Waals surface area (Å²) in [6.45, 7) is 7.59. The van der Waals surface area contributed by atoms with Crippen molar-refractivity contribution in [3.8, 4) is 11.8 Å². The fourth-order valence-electron chi connectivity index (χ4n) is 3.74. The molecule has 0 fully saturated rings. The van der Waals surface area contributed by atoms with Gasteiger partial charge >= 0.3 is 11.9 Å².